The molecule has 1 aliphatic carbocycles. The van der Waals surface area contributed by atoms with Gasteiger partial charge < -0.3 is 9.52 Å². The molecular formula is C40H25N3O2. The Hall–Kier alpha value is -6.07. The molecule has 0 amide bonds. The highest BCUT2D eigenvalue weighted by molar-refractivity contribution is 6.04. The highest BCUT2D eigenvalue weighted by atomic mass is 16.3. The number of aromatic nitrogens is 3. The molecule has 5 nitrogen and oxygen atoms in total. The summed E-state index contributed by atoms with van der Waals surface area (Å²) < 4.78 is 14.7. The van der Waals surface area contributed by atoms with Crippen molar-refractivity contribution >= 4 is 21.9 Å². The van der Waals surface area contributed by atoms with E-state index in [2.05, 4.69) is 70.6 Å². The third kappa shape index (κ3) is 3.64. The zero-order valence-corrected chi connectivity index (χ0v) is 24.0. The summed E-state index contributed by atoms with van der Waals surface area (Å²) in [6.45, 7) is 0. The van der Waals surface area contributed by atoms with Crippen LogP contribution in [0, 0.1) is 0 Å². The number of phenols is 1. The number of fused-ring (bicyclic) bond motifs is 6. The molecule has 0 aliphatic heterocycles. The summed E-state index contributed by atoms with van der Waals surface area (Å²) in [4.78, 5) is 14.3. The van der Waals surface area contributed by atoms with Gasteiger partial charge in [-0.15, -0.1) is 0 Å². The first-order valence-corrected chi connectivity index (χ1v) is 14.8. The van der Waals surface area contributed by atoms with Crippen molar-refractivity contribution in [2.45, 2.75) is 5.41 Å². The number of rotatable bonds is 4. The highest BCUT2D eigenvalue weighted by Gasteiger charge is 2.48. The van der Waals surface area contributed by atoms with E-state index in [0.717, 1.165) is 55.4 Å². The fourth-order valence-electron chi connectivity index (χ4n) is 7.09. The molecule has 9 rings (SSSR count). The zero-order valence-electron chi connectivity index (χ0n) is 25.0. The second-order valence-electron chi connectivity index (χ2n) is 11.3. The van der Waals surface area contributed by atoms with Gasteiger partial charge in [0.05, 0.1) is 24.4 Å². The van der Waals surface area contributed by atoms with E-state index in [-0.39, 0.29) is 5.75 Å². The summed E-state index contributed by atoms with van der Waals surface area (Å²) >= 11 is 0. The minimum absolute atomic E-state index is 0.168. The lowest BCUT2D eigenvalue weighted by molar-refractivity contribution is 0.477. The maximum atomic E-state index is 10.8. The summed E-state index contributed by atoms with van der Waals surface area (Å²) in [7, 11) is 0. The maximum Gasteiger partial charge on any atom is 0.178 e. The highest BCUT2D eigenvalue weighted by Crippen LogP contribution is 2.57. The Kier molecular flexibility index (Phi) is 5.27. The van der Waals surface area contributed by atoms with Crippen molar-refractivity contribution in [2.75, 3.05) is 0 Å². The summed E-state index contributed by atoms with van der Waals surface area (Å²) in [5.74, 6) is 0.168. The van der Waals surface area contributed by atoms with Gasteiger partial charge in [0.1, 0.15) is 23.3 Å². The molecule has 1 N–H and O–H groups in total. The average molecular weight is 581 g/mol. The smallest absolute Gasteiger partial charge is 0.178 e. The van der Waals surface area contributed by atoms with Crippen LogP contribution in [-0.2, 0) is 5.41 Å². The Balaban J connectivity index is 1.41. The number of benzene rings is 5. The normalized spacial score (nSPS) is 15.6. The SMILES string of the molecule is [2H]c1ccc2c(c1)C(c1cccc(-c3ncnc4ccoc34)c1)(c1cccc(-c3ccccc3O)n1)c1ccc3ccccc3c1-2. The van der Waals surface area contributed by atoms with E-state index in [1.807, 2.05) is 60.7 Å². The number of nitrogens with zero attached hydrogens (tertiary/aromatic N) is 3. The van der Waals surface area contributed by atoms with E-state index in [0.29, 0.717) is 28.6 Å². The van der Waals surface area contributed by atoms with Gasteiger partial charge in [-0.1, -0.05) is 97.0 Å². The maximum absolute atomic E-state index is 10.8. The van der Waals surface area contributed by atoms with Crippen LogP contribution in [0.2, 0.25) is 0 Å². The number of aromatic hydroxyl groups is 1. The van der Waals surface area contributed by atoms with Gasteiger partial charge in [-0.25, -0.2) is 9.97 Å². The van der Waals surface area contributed by atoms with E-state index in [9.17, 15) is 5.11 Å². The van der Waals surface area contributed by atoms with Crippen LogP contribution in [0.1, 0.15) is 23.8 Å². The van der Waals surface area contributed by atoms with E-state index < -0.39 is 5.41 Å². The van der Waals surface area contributed by atoms with E-state index in [1.54, 1.807) is 18.7 Å². The van der Waals surface area contributed by atoms with Gasteiger partial charge in [-0.05, 0) is 68.9 Å². The molecule has 5 heteroatoms. The summed E-state index contributed by atoms with van der Waals surface area (Å²) in [5.41, 5.74) is 9.40. The van der Waals surface area contributed by atoms with Crippen molar-refractivity contribution < 1.29 is 10.9 Å². The fraction of sp³-hybridized carbons (Fsp3) is 0.0250. The zero-order chi connectivity index (χ0) is 30.8. The van der Waals surface area contributed by atoms with Gasteiger partial charge in [0.2, 0.25) is 0 Å². The Bertz CT molecular complexity index is 2490. The van der Waals surface area contributed by atoms with Crippen LogP contribution < -0.4 is 0 Å². The minimum Gasteiger partial charge on any atom is -0.507 e. The summed E-state index contributed by atoms with van der Waals surface area (Å²) in [6, 6.07) is 42.6. The van der Waals surface area contributed by atoms with Gasteiger partial charge >= 0.3 is 0 Å². The molecule has 0 bridgehead atoms. The molecule has 1 aliphatic rings. The summed E-state index contributed by atoms with van der Waals surface area (Å²) in [6.07, 6.45) is 3.19. The second kappa shape index (κ2) is 9.73. The molecule has 1 unspecified atom stereocenters. The van der Waals surface area contributed by atoms with Crippen LogP contribution in [0.4, 0.5) is 0 Å². The monoisotopic (exact) mass is 580 g/mol. The van der Waals surface area contributed by atoms with Crippen LogP contribution >= 0.6 is 0 Å². The van der Waals surface area contributed by atoms with Crippen LogP contribution in [0.3, 0.4) is 0 Å². The third-order valence-electron chi connectivity index (χ3n) is 9.00. The number of pyridine rings is 1. The molecule has 212 valence electrons. The third-order valence-corrected chi connectivity index (χ3v) is 9.00. The van der Waals surface area contributed by atoms with Crippen molar-refractivity contribution in [1.29, 1.82) is 0 Å². The Morgan fingerprint density at radius 2 is 1.58 bits per heavy atom. The number of phenolic OH excluding ortho intramolecular Hbond substituents is 1. The topological polar surface area (TPSA) is 72.0 Å². The molecule has 45 heavy (non-hydrogen) atoms. The number of hydrogen-bond donors (Lipinski definition) is 1. The predicted octanol–water partition coefficient (Wildman–Crippen LogP) is 9.17. The molecular weight excluding hydrogens is 554 g/mol. The van der Waals surface area contributed by atoms with Gasteiger partial charge in [-0.3, -0.25) is 4.98 Å². The van der Waals surface area contributed by atoms with Crippen LogP contribution in [0.5, 0.6) is 5.75 Å². The number of hydrogen-bond acceptors (Lipinski definition) is 5. The Morgan fingerprint density at radius 3 is 2.53 bits per heavy atom. The molecule has 3 heterocycles. The van der Waals surface area contributed by atoms with Crippen LogP contribution in [0.15, 0.2) is 150 Å². The minimum atomic E-state index is -0.891. The van der Waals surface area contributed by atoms with Crippen molar-refractivity contribution in [3.8, 4) is 39.4 Å². The Morgan fingerprint density at radius 1 is 0.711 bits per heavy atom. The predicted molar refractivity (Wildman–Crippen MR) is 177 cm³/mol. The van der Waals surface area contributed by atoms with Crippen molar-refractivity contribution in [3.05, 3.63) is 168 Å². The van der Waals surface area contributed by atoms with Crippen molar-refractivity contribution in [1.82, 2.24) is 15.0 Å². The first-order valence-electron chi connectivity index (χ1n) is 15.3. The second-order valence-corrected chi connectivity index (χ2v) is 11.3. The molecule has 0 radical (unpaired) electrons. The van der Waals surface area contributed by atoms with Crippen LogP contribution in [0.25, 0.3) is 55.5 Å². The summed E-state index contributed by atoms with van der Waals surface area (Å²) in [5, 5.41) is 13.1. The first kappa shape index (κ1) is 24.4. The molecule has 0 saturated heterocycles. The molecule has 0 spiro atoms. The first-order chi connectivity index (χ1) is 22.6. The molecule has 0 saturated carbocycles. The number of furan rings is 1. The largest absolute Gasteiger partial charge is 0.507 e. The van der Waals surface area contributed by atoms with Gasteiger partial charge in [-0.2, -0.15) is 0 Å². The molecule has 8 aromatic rings. The number of para-hydroxylation sites is 1. The lowest BCUT2D eigenvalue weighted by Gasteiger charge is -2.33. The van der Waals surface area contributed by atoms with E-state index >= 15 is 0 Å². The quantitative estimate of drug-likeness (QED) is 0.225. The molecule has 1 atom stereocenters. The lowest BCUT2D eigenvalue weighted by Crippen LogP contribution is -2.30. The van der Waals surface area contributed by atoms with Gasteiger partial charge in [0.15, 0.2) is 5.58 Å². The standard InChI is InChI=1S/C40H25N3O2/c44-35-17-6-4-14-30(35)33-16-8-18-36(43-33)40(27-11-7-10-26(23-27)38-39-34(21-22-45-39)41-24-42-38)31-15-5-3-13-29(31)37-28-12-2-1-9-25(28)19-20-32(37)40/h1-24,44H/i5D. The lowest BCUT2D eigenvalue weighted by atomic mass is 9.69. The molecule has 5 aromatic carbocycles. The van der Waals surface area contributed by atoms with Gasteiger partial charge in [0, 0.05) is 17.2 Å². The van der Waals surface area contributed by atoms with E-state index in [4.69, 9.17) is 10.8 Å². The van der Waals surface area contributed by atoms with Crippen molar-refractivity contribution in [3.63, 3.8) is 0 Å². The average Bonchev–Trinajstić information content (AvgIpc) is 3.70. The Labute approximate surface area is 260 Å². The van der Waals surface area contributed by atoms with Crippen LogP contribution in [-0.4, -0.2) is 20.1 Å². The van der Waals surface area contributed by atoms with Crippen molar-refractivity contribution in [2.24, 2.45) is 0 Å². The van der Waals surface area contributed by atoms with Gasteiger partial charge in [0.25, 0.3) is 0 Å². The fourth-order valence-corrected chi connectivity index (χ4v) is 7.09. The van der Waals surface area contributed by atoms with E-state index in [1.165, 1.54) is 0 Å². The molecule has 0 fully saturated rings. The molecule has 3 aromatic heterocycles.